The summed E-state index contributed by atoms with van der Waals surface area (Å²) < 4.78 is 4.82. The Bertz CT molecular complexity index is 422. The van der Waals surface area contributed by atoms with E-state index in [2.05, 4.69) is 0 Å². The summed E-state index contributed by atoms with van der Waals surface area (Å²) in [4.78, 5) is 23.8. The van der Waals surface area contributed by atoms with Crippen LogP contribution in [0.3, 0.4) is 0 Å². The van der Waals surface area contributed by atoms with Gasteiger partial charge in [0.25, 0.3) is 5.91 Å². The van der Waals surface area contributed by atoms with Crippen molar-refractivity contribution in [1.29, 1.82) is 0 Å². The molecule has 86 valence electrons. The highest BCUT2D eigenvalue weighted by Crippen LogP contribution is 2.25. The van der Waals surface area contributed by atoms with Crippen LogP contribution < -0.4 is 0 Å². The molecule has 2 rings (SSSR count). The van der Waals surface area contributed by atoms with Crippen LogP contribution in [0.5, 0.6) is 0 Å². The molecule has 0 atom stereocenters. The molecule has 0 aromatic carbocycles. The minimum Gasteiger partial charge on any atom is -0.481 e. The molecule has 2 heterocycles. The number of hydrogen-bond donors (Lipinski definition) is 1. The van der Waals surface area contributed by atoms with E-state index < -0.39 is 5.97 Å². The molecule has 1 N–H and O–H groups in total. The zero-order valence-electron chi connectivity index (χ0n) is 8.35. The molecule has 1 aromatic rings. The van der Waals surface area contributed by atoms with E-state index in [1.807, 2.05) is 0 Å². The molecular formula is C10H10ClNO4. The van der Waals surface area contributed by atoms with Gasteiger partial charge in [-0.25, -0.2) is 0 Å². The van der Waals surface area contributed by atoms with Crippen molar-refractivity contribution >= 4 is 23.5 Å². The van der Waals surface area contributed by atoms with Crippen LogP contribution in [-0.2, 0) is 4.79 Å². The van der Waals surface area contributed by atoms with Crippen molar-refractivity contribution < 1.29 is 19.1 Å². The van der Waals surface area contributed by atoms with Gasteiger partial charge in [-0.05, 0) is 17.7 Å². The first-order chi connectivity index (χ1) is 7.58. The number of aliphatic carboxylic acids is 1. The van der Waals surface area contributed by atoms with Crippen molar-refractivity contribution in [2.24, 2.45) is 5.92 Å². The van der Waals surface area contributed by atoms with E-state index in [0.717, 1.165) is 0 Å². The maximum absolute atomic E-state index is 11.8. The van der Waals surface area contributed by atoms with Crippen LogP contribution in [0.25, 0.3) is 0 Å². The van der Waals surface area contributed by atoms with Gasteiger partial charge >= 0.3 is 5.97 Å². The van der Waals surface area contributed by atoms with E-state index in [9.17, 15) is 9.59 Å². The first-order valence-corrected chi connectivity index (χ1v) is 5.19. The monoisotopic (exact) mass is 243 g/mol. The van der Waals surface area contributed by atoms with Gasteiger partial charge in [0.2, 0.25) is 5.22 Å². The number of hydrogen-bond acceptors (Lipinski definition) is 3. The normalized spacial score (nSPS) is 15.9. The number of nitrogens with zero attached hydrogens (tertiary/aromatic N) is 1. The Labute approximate surface area is 96.6 Å². The predicted octanol–water partition coefficient (Wildman–Crippen LogP) is 1.48. The lowest BCUT2D eigenvalue weighted by atomic mass is 9.96. The summed E-state index contributed by atoms with van der Waals surface area (Å²) in [6.45, 7) is 0.930. The highest BCUT2D eigenvalue weighted by atomic mass is 35.5. The smallest absolute Gasteiger partial charge is 0.303 e. The average Bonchev–Trinajstić information content (AvgIpc) is 2.56. The standard InChI is InChI=1S/C10H10ClNO4/c11-9-7(1-2-16-9)10(15)12-4-6(5-12)3-8(13)14/h1-2,6H,3-5H2,(H,13,14). The highest BCUT2D eigenvalue weighted by molar-refractivity contribution is 6.32. The maximum Gasteiger partial charge on any atom is 0.303 e. The fraction of sp³-hybridized carbons (Fsp3) is 0.400. The van der Waals surface area contributed by atoms with Crippen LogP contribution >= 0.6 is 11.6 Å². The largest absolute Gasteiger partial charge is 0.481 e. The number of amides is 1. The number of rotatable bonds is 3. The molecule has 1 aliphatic rings. The summed E-state index contributed by atoms with van der Waals surface area (Å²) in [6.07, 6.45) is 1.45. The third-order valence-electron chi connectivity index (χ3n) is 2.56. The maximum atomic E-state index is 11.8. The first kappa shape index (κ1) is 11.0. The van der Waals surface area contributed by atoms with Crippen molar-refractivity contribution in [3.05, 3.63) is 23.1 Å². The molecule has 1 aliphatic heterocycles. The molecule has 0 aliphatic carbocycles. The van der Waals surface area contributed by atoms with Crippen molar-refractivity contribution in [3.63, 3.8) is 0 Å². The minimum absolute atomic E-state index is 0.0483. The van der Waals surface area contributed by atoms with Crippen LogP contribution in [0.2, 0.25) is 5.22 Å². The van der Waals surface area contributed by atoms with Crippen LogP contribution in [0.15, 0.2) is 16.7 Å². The Morgan fingerprint density at radius 2 is 2.25 bits per heavy atom. The molecule has 0 unspecified atom stereocenters. The van der Waals surface area contributed by atoms with Gasteiger partial charge in [-0.15, -0.1) is 0 Å². The molecule has 5 nitrogen and oxygen atoms in total. The number of halogens is 1. The van der Waals surface area contributed by atoms with Gasteiger partial charge in [0.1, 0.15) is 0 Å². The van der Waals surface area contributed by atoms with Crippen LogP contribution in [0.1, 0.15) is 16.8 Å². The van der Waals surface area contributed by atoms with Crippen molar-refractivity contribution in [2.45, 2.75) is 6.42 Å². The second-order valence-corrected chi connectivity index (χ2v) is 4.13. The van der Waals surface area contributed by atoms with Gasteiger partial charge in [0.15, 0.2) is 0 Å². The van der Waals surface area contributed by atoms with Gasteiger partial charge in [0, 0.05) is 19.0 Å². The van der Waals surface area contributed by atoms with E-state index in [1.165, 1.54) is 12.3 Å². The Morgan fingerprint density at radius 3 is 2.75 bits per heavy atom. The lowest BCUT2D eigenvalue weighted by Crippen LogP contribution is -2.50. The molecule has 1 saturated heterocycles. The Balaban J connectivity index is 1.91. The van der Waals surface area contributed by atoms with Gasteiger partial charge in [-0.2, -0.15) is 0 Å². The molecule has 1 aromatic heterocycles. The van der Waals surface area contributed by atoms with Crippen LogP contribution in [0, 0.1) is 5.92 Å². The van der Waals surface area contributed by atoms with Gasteiger partial charge < -0.3 is 14.4 Å². The molecule has 1 amide bonds. The number of carbonyl (C=O) groups is 2. The second-order valence-electron chi connectivity index (χ2n) is 3.78. The van der Waals surface area contributed by atoms with E-state index >= 15 is 0 Å². The van der Waals surface area contributed by atoms with Gasteiger partial charge in [-0.1, -0.05) is 0 Å². The molecule has 0 radical (unpaired) electrons. The molecule has 1 fully saturated rings. The first-order valence-electron chi connectivity index (χ1n) is 4.82. The summed E-state index contributed by atoms with van der Waals surface area (Å²) >= 11 is 5.67. The number of carboxylic acid groups (broad SMARTS) is 1. The molecule has 0 bridgehead atoms. The Kier molecular flexibility index (Phi) is 2.87. The molecule has 0 spiro atoms. The summed E-state index contributed by atoms with van der Waals surface area (Å²) in [5.41, 5.74) is 0.329. The third kappa shape index (κ3) is 2.04. The van der Waals surface area contributed by atoms with Gasteiger partial charge in [0.05, 0.1) is 18.2 Å². The van der Waals surface area contributed by atoms with E-state index in [0.29, 0.717) is 18.7 Å². The molecule has 6 heteroatoms. The van der Waals surface area contributed by atoms with Crippen LogP contribution in [-0.4, -0.2) is 35.0 Å². The fourth-order valence-corrected chi connectivity index (χ4v) is 1.92. The topological polar surface area (TPSA) is 70.8 Å². The van der Waals surface area contributed by atoms with Crippen molar-refractivity contribution in [2.75, 3.05) is 13.1 Å². The number of likely N-dealkylation sites (tertiary alicyclic amines) is 1. The van der Waals surface area contributed by atoms with Gasteiger partial charge in [-0.3, -0.25) is 9.59 Å². The zero-order chi connectivity index (χ0) is 11.7. The van der Waals surface area contributed by atoms with Crippen molar-refractivity contribution in [1.82, 2.24) is 4.90 Å². The fourth-order valence-electron chi connectivity index (χ4n) is 1.73. The average molecular weight is 244 g/mol. The number of carbonyl (C=O) groups excluding carboxylic acids is 1. The Hall–Kier alpha value is -1.49. The van der Waals surface area contributed by atoms with Crippen LogP contribution in [0.4, 0.5) is 0 Å². The van der Waals surface area contributed by atoms with E-state index in [4.69, 9.17) is 21.1 Å². The summed E-state index contributed by atoms with van der Waals surface area (Å²) in [5, 5.41) is 8.64. The lowest BCUT2D eigenvalue weighted by molar-refractivity contribution is -0.139. The summed E-state index contributed by atoms with van der Waals surface area (Å²) in [7, 11) is 0. The lowest BCUT2D eigenvalue weighted by Gasteiger charge is -2.38. The molecule has 0 saturated carbocycles. The van der Waals surface area contributed by atoms with Crippen molar-refractivity contribution in [3.8, 4) is 0 Å². The third-order valence-corrected chi connectivity index (χ3v) is 2.85. The Morgan fingerprint density at radius 1 is 1.56 bits per heavy atom. The highest BCUT2D eigenvalue weighted by Gasteiger charge is 2.33. The second kappa shape index (κ2) is 4.17. The van der Waals surface area contributed by atoms with E-state index in [-0.39, 0.29) is 23.5 Å². The molecule has 16 heavy (non-hydrogen) atoms. The quantitative estimate of drug-likeness (QED) is 0.873. The number of furan rings is 1. The summed E-state index contributed by atoms with van der Waals surface area (Å²) in [5.74, 6) is -0.994. The summed E-state index contributed by atoms with van der Waals surface area (Å²) in [6, 6.07) is 1.51. The SMILES string of the molecule is O=C(O)CC1CN(C(=O)c2ccoc2Cl)C1. The number of carboxylic acids is 1. The van der Waals surface area contributed by atoms with E-state index in [1.54, 1.807) is 4.90 Å². The minimum atomic E-state index is -0.835. The predicted molar refractivity (Wildman–Crippen MR) is 55.4 cm³/mol. The zero-order valence-corrected chi connectivity index (χ0v) is 9.11. The molecular weight excluding hydrogens is 234 g/mol.